The molecule has 2 aromatic rings. The van der Waals surface area contributed by atoms with Crippen molar-refractivity contribution in [2.75, 3.05) is 5.32 Å². The molecule has 0 saturated heterocycles. The minimum absolute atomic E-state index is 0.245. The van der Waals surface area contributed by atoms with Crippen molar-refractivity contribution in [1.29, 1.82) is 0 Å². The molecule has 4 N–H and O–H groups in total. The van der Waals surface area contributed by atoms with E-state index in [0.717, 1.165) is 5.56 Å². The van der Waals surface area contributed by atoms with E-state index in [1.165, 1.54) is 18.2 Å². The zero-order valence-electron chi connectivity index (χ0n) is 10.7. The smallest absolute Gasteiger partial charge is 0.326 e. The van der Waals surface area contributed by atoms with Gasteiger partial charge < -0.3 is 20.6 Å². The number of benzene rings is 2. The number of rotatable bonds is 5. The van der Waals surface area contributed by atoms with Gasteiger partial charge in [-0.05, 0) is 17.7 Å². The number of anilines is 1. The van der Waals surface area contributed by atoms with Crippen molar-refractivity contribution in [3.8, 4) is 11.5 Å². The van der Waals surface area contributed by atoms with Crippen LogP contribution in [-0.2, 0) is 11.2 Å². The molecule has 0 heterocycles. The molecule has 0 aliphatic heterocycles. The highest BCUT2D eigenvalue weighted by molar-refractivity contribution is 5.78. The van der Waals surface area contributed by atoms with Crippen LogP contribution < -0.4 is 5.32 Å². The Bertz CT molecular complexity index is 598. The van der Waals surface area contributed by atoms with Crippen LogP contribution in [0.1, 0.15) is 5.56 Å². The fourth-order valence-corrected chi connectivity index (χ4v) is 1.86. The second-order valence-electron chi connectivity index (χ2n) is 4.43. The Morgan fingerprint density at radius 2 is 1.75 bits per heavy atom. The van der Waals surface area contributed by atoms with Crippen LogP contribution in [0.5, 0.6) is 11.5 Å². The van der Waals surface area contributed by atoms with Crippen LogP contribution in [0.4, 0.5) is 5.69 Å². The van der Waals surface area contributed by atoms with Crippen molar-refractivity contribution < 1.29 is 20.1 Å². The number of carbonyl (C=O) groups is 1. The first-order valence-corrected chi connectivity index (χ1v) is 6.11. The number of hydrogen-bond donors (Lipinski definition) is 4. The van der Waals surface area contributed by atoms with Gasteiger partial charge in [-0.15, -0.1) is 0 Å². The molecule has 5 nitrogen and oxygen atoms in total. The topological polar surface area (TPSA) is 89.8 Å². The van der Waals surface area contributed by atoms with Crippen molar-refractivity contribution in [3.05, 3.63) is 54.1 Å². The Morgan fingerprint density at radius 1 is 1.05 bits per heavy atom. The van der Waals surface area contributed by atoms with Gasteiger partial charge in [0.25, 0.3) is 0 Å². The van der Waals surface area contributed by atoms with Crippen LogP contribution in [0, 0.1) is 0 Å². The maximum atomic E-state index is 11.3. The summed E-state index contributed by atoms with van der Waals surface area (Å²) in [5, 5.41) is 30.7. The molecule has 0 unspecified atom stereocenters. The van der Waals surface area contributed by atoms with E-state index in [-0.39, 0.29) is 11.5 Å². The molecule has 0 aliphatic rings. The molecule has 0 saturated carbocycles. The van der Waals surface area contributed by atoms with E-state index in [2.05, 4.69) is 5.32 Å². The predicted octanol–water partition coefficient (Wildman–Crippen LogP) is 2.21. The lowest BCUT2D eigenvalue weighted by Gasteiger charge is -2.16. The summed E-state index contributed by atoms with van der Waals surface area (Å²) in [5.74, 6) is -1.52. The largest absolute Gasteiger partial charge is 0.504 e. The number of phenolic OH excluding ortho intramolecular Hbond substituents is 2. The maximum Gasteiger partial charge on any atom is 0.326 e. The van der Waals surface area contributed by atoms with Gasteiger partial charge in [-0.3, -0.25) is 0 Å². The van der Waals surface area contributed by atoms with E-state index < -0.39 is 12.0 Å². The highest BCUT2D eigenvalue weighted by Crippen LogP contribution is 2.27. The van der Waals surface area contributed by atoms with Crippen LogP contribution >= 0.6 is 0 Å². The molecule has 0 fully saturated rings. The summed E-state index contributed by atoms with van der Waals surface area (Å²) in [6, 6.07) is 12.6. The van der Waals surface area contributed by atoms with E-state index in [1.807, 2.05) is 30.3 Å². The fourth-order valence-electron chi connectivity index (χ4n) is 1.86. The Balaban J connectivity index is 2.13. The zero-order valence-corrected chi connectivity index (χ0v) is 10.7. The van der Waals surface area contributed by atoms with Crippen molar-refractivity contribution >= 4 is 11.7 Å². The Kier molecular flexibility index (Phi) is 4.10. The van der Waals surface area contributed by atoms with Gasteiger partial charge in [0.2, 0.25) is 0 Å². The first-order chi connectivity index (χ1) is 9.56. The summed E-state index contributed by atoms with van der Waals surface area (Å²) in [5.41, 5.74) is 1.33. The van der Waals surface area contributed by atoms with Gasteiger partial charge in [0, 0.05) is 18.2 Å². The Labute approximate surface area is 116 Å². The van der Waals surface area contributed by atoms with Gasteiger partial charge in [0.15, 0.2) is 11.5 Å². The number of aliphatic carboxylic acids is 1. The van der Waals surface area contributed by atoms with Gasteiger partial charge in [-0.25, -0.2) is 4.79 Å². The number of hydrogen-bond acceptors (Lipinski definition) is 4. The second kappa shape index (κ2) is 5.97. The van der Waals surface area contributed by atoms with Crippen molar-refractivity contribution in [2.24, 2.45) is 0 Å². The number of phenols is 2. The second-order valence-corrected chi connectivity index (χ2v) is 4.43. The SMILES string of the molecule is O=C(O)[C@H](Cc1ccccc1)Nc1ccc(O)c(O)c1. The molecule has 0 amide bonds. The molecular weight excluding hydrogens is 258 g/mol. The van der Waals surface area contributed by atoms with E-state index in [9.17, 15) is 20.1 Å². The number of carboxylic acids is 1. The summed E-state index contributed by atoms with van der Waals surface area (Å²) >= 11 is 0. The van der Waals surface area contributed by atoms with E-state index >= 15 is 0 Å². The van der Waals surface area contributed by atoms with Crippen molar-refractivity contribution in [1.82, 2.24) is 0 Å². The molecule has 1 atom stereocenters. The van der Waals surface area contributed by atoms with E-state index in [0.29, 0.717) is 12.1 Å². The Morgan fingerprint density at radius 3 is 2.35 bits per heavy atom. The summed E-state index contributed by atoms with van der Waals surface area (Å²) < 4.78 is 0. The molecular formula is C15H15NO4. The third-order valence-electron chi connectivity index (χ3n) is 2.90. The van der Waals surface area contributed by atoms with Crippen LogP contribution in [-0.4, -0.2) is 27.3 Å². The summed E-state index contributed by atoms with van der Waals surface area (Å²) in [6.45, 7) is 0. The zero-order chi connectivity index (χ0) is 14.5. The number of nitrogens with one attached hydrogen (secondary N) is 1. The lowest BCUT2D eigenvalue weighted by atomic mass is 10.1. The first kappa shape index (κ1) is 13.7. The van der Waals surface area contributed by atoms with E-state index in [1.54, 1.807) is 0 Å². The van der Waals surface area contributed by atoms with Crippen LogP contribution in [0.25, 0.3) is 0 Å². The third kappa shape index (κ3) is 3.41. The van der Waals surface area contributed by atoms with Gasteiger partial charge in [0.1, 0.15) is 6.04 Å². The van der Waals surface area contributed by atoms with Gasteiger partial charge >= 0.3 is 5.97 Å². The van der Waals surface area contributed by atoms with E-state index in [4.69, 9.17) is 0 Å². The van der Waals surface area contributed by atoms with Crippen molar-refractivity contribution in [2.45, 2.75) is 12.5 Å². The van der Waals surface area contributed by atoms with Crippen LogP contribution in [0.3, 0.4) is 0 Å². The fraction of sp³-hybridized carbons (Fsp3) is 0.133. The van der Waals surface area contributed by atoms with Crippen molar-refractivity contribution in [3.63, 3.8) is 0 Å². The molecule has 5 heteroatoms. The molecule has 0 spiro atoms. The van der Waals surface area contributed by atoms with Gasteiger partial charge in [-0.2, -0.15) is 0 Å². The molecule has 0 radical (unpaired) electrons. The Hall–Kier alpha value is -2.69. The van der Waals surface area contributed by atoms with Gasteiger partial charge in [0.05, 0.1) is 0 Å². The summed E-state index contributed by atoms with van der Waals surface area (Å²) in [4.78, 5) is 11.3. The molecule has 20 heavy (non-hydrogen) atoms. The highest BCUT2D eigenvalue weighted by Gasteiger charge is 2.18. The first-order valence-electron chi connectivity index (χ1n) is 6.11. The van der Waals surface area contributed by atoms with Crippen LogP contribution in [0.15, 0.2) is 48.5 Å². The minimum atomic E-state index is -0.985. The van der Waals surface area contributed by atoms with Crippen LogP contribution in [0.2, 0.25) is 0 Å². The number of aromatic hydroxyl groups is 2. The normalized spacial score (nSPS) is 11.8. The monoisotopic (exact) mass is 273 g/mol. The highest BCUT2D eigenvalue weighted by atomic mass is 16.4. The molecule has 0 bridgehead atoms. The molecule has 0 aliphatic carbocycles. The third-order valence-corrected chi connectivity index (χ3v) is 2.90. The molecule has 0 aromatic heterocycles. The molecule has 2 aromatic carbocycles. The quantitative estimate of drug-likeness (QED) is 0.495. The minimum Gasteiger partial charge on any atom is -0.504 e. The standard InChI is InChI=1S/C15H15NO4/c17-13-7-6-11(9-14(13)18)16-12(15(19)20)8-10-4-2-1-3-5-10/h1-7,9,12,16-18H,8H2,(H,19,20)/t12-/m0/s1. The molecule has 104 valence electrons. The number of carboxylic acid groups (broad SMARTS) is 1. The average molecular weight is 273 g/mol. The average Bonchev–Trinajstić information content (AvgIpc) is 2.43. The lowest BCUT2D eigenvalue weighted by molar-refractivity contribution is -0.137. The predicted molar refractivity (Wildman–Crippen MR) is 75.0 cm³/mol. The maximum absolute atomic E-state index is 11.3. The lowest BCUT2D eigenvalue weighted by Crippen LogP contribution is -2.31. The summed E-state index contributed by atoms with van der Waals surface area (Å²) in [7, 11) is 0. The summed E-state index contributed by atoms with van der Waals surface area (Å²) in [6.07, 6.45) is 0.317. The van der Waals surface area contributed by atoms with Gasteiger partial charge in [-0.1, -0.05) is 30.3 Å². The molecule has 2 rings (SSSR count).